The van der Waals surface area contributed by atoms with Crippen LogP contribution in [-0.2, 0) is 4.79 Å². The van der Waals surface area contributed by atoms with Crippen LogP contribution in [-0.4, -0.2) is 15.0 Å². The summed E-state index contributed by atoms with van der Waals surface area (Å²) in [6.07, 6.45) is 2.50. The van der Waals surface area contributed by atoms with Gasteiger partial charge in [-0.2, -0.15) is 0 Å². The minimum atomic E-state index is -0.608. The summed E-state index contributed by atoms with van der Waals surface area (Å²) >= 11 is 2.31. The third kappa shape index (κ3) is 1.15. The number of carboxylic acids is 1. The number of hydrogen-bond acceptors (Lipinski definition) is 1. The van der Waals surface area contributed by atoms with Crippen molar-refractivity contribution >= 4 is 28.6 Å². The second-order valence-electron chi connectivity index (χ2n) is 2.94. The van der Waals surface area contributed by atoms with E-state index in [0.717, 1.165) is 19.3 Å². The van der Waals surface area contributed by atoms with Crippen LogP contribution in [0.5, 0.6) is 0 Å². The Labute approximate surface area is 74.1 Å². The normalized spacial score (nSPS) is 38.8. The van der Waals surface area contributed by atoms with Gasteiger partial charge in [0.2, 0.25) is 0 Å². The lowest BCUT2D eigenvalue weighted by atomic mass is 9.67. The molecule has 3 heteroatoms. The van der Waals surface area contributed by atoms with Gasteiger partial charge in [0.05, 0.1) is 5.41 Å². The van der Waals surface area contributed by atoms with Crippen LogP contribution in [0.15, 0.2) is 0 Å². The summed E-state index contributed by atoms with van der Waals surface area (Å²) in [6.45, 7) is 1.95. The molecule has 0 heterocycles. The number of alkyl halides is 1. The van der Waals surface area contributed by atoms with Gasteiger partial charge in [-0.25, -0.2) is 0 Å². The third-order valence-electron chi connectivity index (χ3n) is 2.35. The summed E-state index contributed by atoms with van der Waals surface area (Å²) in [7, 11) is 0. The van der Waals surface area contributed by atoms with Gasteiger partial charge in [-0.15, -0.1) is 0 Å². The Morgan fingerprint density at radius 3 is 2.40 bits per heavy atom. The van der Waals surface area contributed by atoms with Gasteiger partial charge in [0.15, 0.2) is 0 Å². The predicted molar refractivity (Wildman–Crippen MR) is 47.4 cm³/mol. The van der Waals surface area contributed by atoms with Gasteiger partial charge in [-0.1, -0.05) is 29.5 Å². The molecule has 1 aliphatic rings. The Kier molecular flexibility index (Phi) is 2.22. The molecule has 1 N–H and O–H groups in total. The zero-order valence-corrected chi connectivity index (χ0v) is 8.09. The molecule has 10 heavy (non-hydrogen) atoms. The van der Waals surface area contributed by atoms with E-state index >= 15 is 0 Å². The first-order valence-corrected chi connectivity index (χ1v) is 4.73. The van der Waals surface area contributed by atoms with Crippen LogP contribution in [0.1, 0.15) is 26.2 Å². The van der Waals surface area contributed by atoms with Gasteiger partial charge in [0.25, 0.3) is 0 Å². The zero-order valence-electron chi connectivity index (χ0n) is 5.93. The monoisotopic (exact) mass is 254 g/mol. The van der Waals surface area contributed by atoms with Crippen molar-refractivity contribution in [1.82, 2.24) is 0 Å². The average molecular weight is 254 g/mol. The summed E-state index contributed by atoms with van der Waals surface area (Å²) in [6, 6.07) is 0. The van der Waals surface area contributed by atoms with Crippen molar-refractivity contribution in [2.75, 3.05) is 0 Å². The molecular formula is C7H11IO2. The Bertz CT molecular complexity index is 150. The second-order valence-corrected chi connectivity index (χ2v) is 4.71. The van der Waals surface area contributed by atoms with Crippen molar-refractivity contribution in [2.45, 2.75) is 30.1 Å². The lowest BCUT2D eigenvalue weighted by molar-refractivity contribution is -0.153. The van der Waals surface area contributed by atoms with E-state index in [9.17, 15) is 4.79 Å². The molecule has 0 aromatic carbocycles. The first-order chi connectivity index (χ1) is 4.60. The molecule has 0 aliphatic heterocycles. The minimum absolute atomic E-state index is 0.355. The van der Waals surface area contributed by atoms with Gasteiger partial charge in [-0.3, -0.25) is 4.79 Å². The molecule has 1 saturated carbocycles. The SMILES string of the molecule is CCC1(C(=O)O)CC(I)C1. The molecule has 0 amide bonds. The average Bonchev–Trinajstić information content (AvgIpc) is 1.79. The van der Waals surface area contributed by atoms with Gasteiger partial charge >= 0.3 is 5.97 Å². The molecule has 0 bridgehead atoms. The molecule has 0 saturated heterocycles. The summed E-state index contributed by atoms with van der Waals surface area (Å²) in [4.78, 5) is 10.7. The first kappa shape index (κ1) is 8.30. The molecule has 1 rings (SSSR count). The maximum atomic E-state index is 10.7. The Morgan fingerprint density at radius 1 is 1.80 bits per heavy atom. The molecule has 0 unspecified atom stereocenters. The van der Waals surface area contributed by atoms with Crippen molar-refractivity contribution in [3.63, 3.8) is 0 Å². The van der Waals surface area contributed by atoms with Gasteiger partial charge in [-0.05, 0) is 19.3 Å². The number of carboxylic acid groups (broad SMARTS) is 1. The van der Waals surface area contributed by atoms with Crippen LogP contribution in [0.2, 0.25) is 0 Å². The number of aliphatic carboxylic acids is 1. The number of halogens is 1. The maximum absolute atomic E-state index is 10.7. The second kappa shape index (κ2) is 2.68. The fourth-order valence-corrected chi connectivity index (χ4v) is 3.09. The summed E-state index contributed by atoms with van der Waals surface area (Å²) in [5, 5.41) is 8.80. The number of rotatable bonds is 2. The molecule has 0 spiro atoms. The fraction of sp³-hybridized carbons (Fsp3) is 0.857. The molecule has 0 aromatic heterocycles. The molecule has 0 atom stereocenters. The summed E-state index contributed by atoms with van der Waals surface area (Å²) < 4.78 is 0.591. The third-order valence-corrected chi connectivity index (χ3v) is 3.24. The minimum Gasteiger partial charge on any atom is -0.481 e. The van der Waals surface area contributed by atoms with E-state index < -0.39 is 5.97 Å². The van der Waals surface area contributed by atoms with Gasteiger partial charge < -0.3 is 5.11 Å². The van der Waals surface area contributed by atoms with Crippen molar-refractivity contribution in [3.05, 3.63) is 0 Å². The zero-order chi connectivity index (χ0) is 7.78. The topological polar surface area (TPSA) is 37.3 Å². The highest BCUT2D eigenvalue weighted by Gasteiger charge is 2.47. The van der Waals surface area contributed by atoms with Crippen LogP contribution in [0.4, 0.5) is 0 Å². The highest BCUT2D eigenvalue weighted by atomic mass is 127. The van der Waals surface area contributed by atoms with E-state index in [2.05, 4.69) is 22.6 Å². The Morgan fingerprint density at radius 2 is 2.30 bits per heavy atom. The van der Waals surface area contributed by atoms with Crippen molar-refractivity contribution in [1.29, 1.82) is 0 Å². The van der Waals surface area contributed by atoms with Crippen LogP contribution >= 0.6 is 22.6 Å². The largest absolute Gasteiger partial charge is 0.481 e. The highest BCUT2D eigenvalue weighted by molar-refractivity contribution is 14.1. The molecule has 58 valence electrons. The lowest BCUT2D eigenvalue weighted by Gasteiger charge is -2.41. The Balaban J connectivity index is 2.56. The van der Waals surface area contributed by atoms with E-state index in [1.54, 1.807) is 0 Å². The van der Waals surface area contributed by atoms with Crippen molar-refractivity contribution in [2.24, 2.45) is 5.41 Å². The van der Waals surface area contributed by atoms with Crippen molar-refractivity contribution < 1.29 is 9.90 Å². The molecular weight excluding hydrogens is 243 g/mol. The van der Waals surface area contributed by atoms with Gasteiger partial charge in [0.1, 0.15) is 0 Å². The van der Waals surface area contributed by atoms with Crippen molar-refractivity contribution in [3.8, 4) is 0 Å². The molecule has 1 fully saturated rings. The fourth-order valence-electron chi connectivity index (χ4n) is 1.40. The van der Waals surface area contributed by atoms with E-state index in [1.165, 1.54) is 0 Å². The predicted octanol–water partition coefficient (Wildman–Crippen LogP) is 2.06. The lowest BCUT2D eigenvalue weighted by Crippen LogP contribution is -2.43. The standard InChI is InChI=1S/C7H11IO2/c1-2-7(6(9)10)3-5(8)4-7/h5H,2-4H2,1H3,(H,9,10). The number of carbonyl (C=O) groups is 1. The maximum Gasteiger partial charge on any atom is 0.309 e. The quantitative estimate of drug-likeness (QED) is 0.605. The van der Waals surface area contributed by atoms with Crippen LogP contribution in [0, 0.1) is 5.41 Å². The van der Waals surface area contributed by atoms with Crippen LogP contribution in [0.25, 0.3) is 0 Å². The van der Waals surface area contributed by atoms with Crippen LogP contribution in [0.3, 0.4) is 0 Å². The Hall–Kier alpha value is 0.200. The molecule has 0 aromatic rings. The van der Waals surface area contributed by atoms with E-state index in [1.807, 2.05) is 6.92 Å². The van der Waals surface area contributed by atoms with Crippen LogP contribution < -0.4 is 0 Å². The summed E-state index contributed by atoms with van der Waals surface area (Å²) in [5.74, 6) is -0.608. The molecule has 2 nitrogen and oxygen atoms in total. The highest BCUT2D eigenvalue weighted by Crippen LogP contribution is 2.47. The molecule has 1 aliphatic carbocycles. The smallest absolute Gasteiger partial charge is 0.309 e. The number of hydrogen-bond donors (Lipinski definition) is 1. The summed E-state index contributed by atoms with van der Waals surface area (Å²) in [5.41, 5.74) is -0.355. The van der Waals surface area contributed by atoms with E-state index in [4.69, 9.17) is 5.11 Å². The van der Waals surface area contributed by atoms with E-state index in [-0.39, 0.29) is 5.41 Å². The van der Waals surface area contributed by atoms with Gasteiger partial charge in [0, 0.05) is 3.92 Å². The van der Waals surface area contributed by atoms with E-state index in [0.29, 0.717) is 3.92 Å². The first-order valence-electron chi connectivity index (χ1n) is 3.48. The molecule has 0 radical (unpaired) electrons.